The number of ether oxygens (including phenoxy) is 1. The zero-order valence-corrected chi connectivity index (χ0v) is 16.6. The molecular formula is C20H23NO3S2. The zero-order chi connectivity index (χ0) is 18.6. The highest BCUT2D eigenvalue weighted by atomic mass is 32.2. The first-order valence-corrected chi connectivity index (χ1v) is 10.9. The highest BCUT2D eigenvalue weighted by molar-refractivity contribution is 8.03. The molecule has 1 unspecified atom stereocenters. The first-order chi connectivity index (χ1) is 12.5. The van der Waals surface area contributed by atoms with Gasteiger partial charge in [0.2, 0.25) is 0 Å². The Kier molecular flexibility index (Phi) is 6.06. The molecule has 0 N–H and O–H groups in total. The van der Waals surface area contributed by atoms with Crippen LogP contribution in [-0.4, -0.2) is 25.6 Å². The van der Waals surface area contributed by atoms with Crippen molar-refractivity contribution < 1.29 is 13.2 Å². The predicted molar refractivity (Wildman–Crippen MR) is 105 cm³/mol. The molecule has 0 spiro atoms. The Hall–Kier alpha value is -1.76. The maximum absolute atomic E-state index is 13.2. The second-order valence-corrected chi connectivity index (χ2v) is 9.15. The van der Waals surface area contributed by atoms with Crippen molar-refractivity contribution in [2.45, 2.75) is 42.7 Å². The van der Waals surface area contributed by atoms with E-state index in [9.17, 15) is 8.42 Å². The Morgan fingerprint density at radius 3 is 2.46 bits per heavy atom. The summed E-state index contributed by atoms with van der Waals surface area (Å²) in [6.45, 7) is 4.29. The van der Waals surface area contributed by atoms with E-state index in [2.05, 4.69) is 0 Å². The van der Waals surface area contributed by atoms with Crippen molar-refractivity contribution in [1.82, 2.24) is 4.31 Å². The first-order valence-electron chi connectivity index (χ1n) is 8.66. The highest BCUT2D eigenvalue weighted by Crippen LogP contribution is 2.36. The Morgan fingerprint density at radius 2 is 1.81 bits per heavy atom. The summed E-state index contributed by atoms with van der Waals surface area (Å²) in [4.78, 5) is 2.40. The fourth-order valence-electron chi connectivity index (χ4n) is 2.81. The van der Waals surface area contributed by atoms with Crippen LogP contribution < -0.4 is 0 Å². The molecule has 6 heteroatoms. The number of hydrogen-bond donors (Lipinski definition) is 0. The molecule has 3 rings (SSSR count). The van der Waals surface area contributed by atoms with Crippen molar-refractivity contribution in [2.24, 2.45) is 0 Å². The third-order valence-corrected chi connectivity index (χ3v) is 6.98. The quantitative estimate of drug-likeness (QED) is 0.714. The summed E-state index contributed by atoms with van der Waals surface area (Å²) in [5.74, 6) is 0. The van der Waals surface area contributed by atoms with Gasteiger partial charge in [0.1, 0.15) is 6.23 Å². The van der Waals surface area contributed by atoms with Gasteiger partial charge >= 0.3 is 0 Å². The number of thioether (sulfide) groups is 1. The van der Waals surface area contributed by atoms with E-state index in [0.717, 1.165) is 21.8 Å². The Bertz CT molecular complexity index is 862. The molecule has 138 valence electrons. The van der Waals surface area contributed by atoms with Crippen LogP contribution >= 0.6 is 11.8 Å². The summed E-state index contributed by atoms with van der Waals surface area (Å²) in [7, 11) is -3.66. The molecule has 1 atom stereocenters. The number of allylic oxidation sites excluding steroid dienone is 1. The standard InChI is InChI=1S/C20H23NO3S2/c1-3-24-20-14-11-18(25-17-7-5-4-6-8-17)15-21(20)26(22,23)19-12-9-16(2)10-13-19/h4-10,12-13,15,20H,3,11,14H2,1-2H3. The summed E-state index contributed by atoms with van der Waals surface area (Å²) in [5, 5.41) is 0. The molecule has 0 aliphatic carbocycles. The topological polar surface area (TPSA) is 46.6 Å². The van der Waals surface area contributed by atoms with Crippen molar-refractivity contribution in [3.05, 3.63) is 71.3 Å². The lowest BCUT2D eigenvalue weighted by Gasteiger charge is -2.34. The number of aryl methyl sites for hydroxylation is 1. The number of benzene rings is 2. The van der Waals surface area contributed by atoms with Gasteiger partial charge in [0.25, 0.3) is 10.0 Å². The maximum atomic E-state index is 13.2. The summed E-state index contributed by atoms with van der Waals surface area (Å²) in [5.41, 5.74) is 1.03. The summed E-state index contributed by atoms with van der Waals surface area (Å²) >= 11 is 1.60. The van der Waals surface area contributed by atoms with E-state index in [0.29, 0.717) is 13.0 Å². The third-order valence-electron chi connectivity index (χ3n) is 4.14. The van der Waals surface area contributed by atoms with Gasteiger partial charge in [-0.1, -0.05) is 47.7 Å². The molecule has 1 heterocycles. The number of sulfonamides is 1. The van der Waals surface area contributed by atoms with Gasteiger partial charge in [0.05, 0.1) is 4.90 Å². The minimum Gasteiger partial charge on any atom is -0.358 e. The van der Waals surface area contributed by atoms with E-state index in [1.807, 2.05) is 56.3 Å². The van der Waals surface area contributed by atoms with Gasteiger partial charge < -0.3 is 4.74 Å². The van der Waals surface area contributed by atoms with E-state index >= 15 is 0 Å². The van der Waals surface area contributed by atoms with E-state index in [-0.39, 0.29) is 4.90 Å². The molecule has 2 aromatic carbocycles. The normalized spacial score (nSPS) is 17.8. The predicted octanol–water partition coefficient (Wildman–Crippen LogP) is 4.78. The summed E-state index contributed by atoms with van der Waals surface area (Å²) in [6.07, 6.45) is 2.71. The molecule has 1 aliphatic rings. The van der Waals surface area contributed by atoms with E-state index in [1.54, 1.807) is 30.1 Å². The first kappa shape index (κ1) is 19.0. The second kappa shape index (κ2) is 8.29. The molecule has 2 aromatic rings. The minimum absolute atomic E-state index is 0.287. The van der Waals surface area contributed by atoms with Gasteiger partial charge in [-0.05, 0) is 51.0 Å². The second-order valence-electron chi connectivity index (χ2n) is 6.11. The van der Waals surface area contributed by atoms with Gasteiger partial charge in [-0.15, -0.1) is 0 Å². The van der Waals surface area contributed by atoms with Gasteiger partial charge in [-0.3, -0.25) is 0 Å². The molecule has 0 fully saturated rings. The smallest absolute Gasteiger partial charge is 0.265 e. The van der Waals surface area contributed by atoms with Crippen LogP contribution in [0.1, 0.15) is 25.3 Å². The number of rotatable bonds is 6. The molecule has 4 nitrogen and oxygen atoms in total. The van der Waals surface area contributed by atoms with Gasteiger partial charge in [-0.25, -0.2) is 12.7 Å². The average molecular weight is 390 g/mol. The van der Waals surface area contributed by atoms with Crippen molar-refractivity contribution in [2.75, 3.05) is 6.61 Å². The lowest BCUT2D eigenvalue weighted by atomic mass is 10.2. The van der Waals surface area contributed by atoms with Gasteiger partial charge in [0, 0.05) is 22.6 Å². The molecule has 0 radical (unpaired) electrons. The minimum atomic E-state index is -3.66. The fourth-order valence-corrected chi connectivity index (χ4v) is 5.32. The highest BCUT2D eigenvalue weighted by Gasteiger charge is 2.32. The molecule has 1 aliphatic heterocycles. The molecular weight excluding hydrogens is 366 g/mol. The van der Waals surface area contributed by atoms with Crippen molar-refractivity contribution in [1.29, 1.82) is 0 Å². The van der Waals surface area contributed by atoms with Gasteiger partial charge in [-0.2, -0.15) is 0 Å². The molecule has 0 saturated carbocycles. The van der Waals surface area contributed by atoms with Crippen LogP contribution in [0.15, 0.2) is 75.5 Å². The monoisotopic (exact) mass is 389 g/mol. The molecule has 0 aromatic heterocycles. The zero-order valence-electron chi connectivity index (χ0n) is 15.0. The molecule has 0 amide bonds. The SMILES string of the molecule is CCOC1CCC(Sc2ccccc2)=CN1S(=O)(=O)c1ccc(C)cc1. The van der Waals surface area contributed by atoms with Crippen molar-refractivity contribution in [3.63, 3.8) is 0 Å². The number of nitrogens with zero attached hydrogens (tertiary/aromatic N) is 1. The Morgan fingerprint density at radius 1 is 1.12 bits per heavy atom. The fraction of sp³-hybridized carbons (Fsp3) is 0.300. The number of hydrogen-bond acceptors (Lipinski definition) is 4. The van der Waals surface area contributed by atoms with Crippen LogP contribution in [0.25, 0.3) is 0 Å². The Balaban J connectivity index is 1.93. The lowest BCUT2D eigenvalue weighted by molar-refractivity contribution is -0.00461. The third kappa shape index (κ3) is 4.31. The maximum Gasteiger partial charge on any atom is 0.265 e. The van der Waals surface area contributed by atoms with E-state index < -0.39 is 16.3 Å². The Labute approximate surface area is 159 Å². The average Bonchev–Trinajstić information content (AvgIpc) is 2.64. The van der Waals surface area contributed by atoms with Crippen molar-refractivity contribution in [3.8, 4) is 0 Å². The van der Waals surface area contributed by atoms with Gasteiger partial charge in [0.15, 0.2) is 0 Å². The van der Waals surface area contributed by atoms with Crippen LogP contribution in [0.5, 0.6) is 0 Å². The lowest BCUT2D eigenvalue weighted by Crippen LogP contribution is -2.40. The summed E-state index contributed by atoms with van der Waals surface area (Å²) < 4.78 is 33.5. The summed E-state index contributed by atoms with van der Waals surface area (Å²) in [6, 6.07) is 16.9. The van der Waals surface area contributed by atoms with Crippen LogP contribution in [0.2, 0.25) is 0 Å². The molecule has 0 bridgehead atoms. The van der Waals surface area contributed by atoms with Crippen molar-refractivity contribution >= 4 is 21.8 Å². The van der Waals surface area contributed by atoms with Crippen LogP contribution in [-0.2, 0) is 14.8 Å². The van der Waals surface area contributed by atoms with Crippen LogP contribution in [0, 0.1) is 6.92 Å². The van der Waals surface area contributed by atoms with Crippen LogP contribution in [0.4, 0.5) is 0 Å². The van der Waals surface area contributed by atoms with E-state index in [1.165, 1.54) is 4.31 Å². The largest absolute Gasteiger partial charge is 0.358 e. The molecule has 0 saturated heterocycles. The molecule has 26 heavy (non-hydrogen) atoms. The van der Waals surface area contributed by atoms with Crippen LogP contribution in [0.3, 0.4) is 0 Å². The van der Waals surface area contributed by atoms with E-state index in [4.69, 9.17) is 4.74 Å².